The molecule has 1 aliphatic rings. The lowest BCUT2D eigenvalue weighted by Gasteiger charge is -2.26. The minimum Gasteiger partial charge on any atom is -0.378 e. The predicted octanol–water partition coefficient (Wildman–Crippen LogP) is 2.62. The molecule has 126 valence electrons. The molecule has 1 N–H and O–H groups in total. The summed E-state index contributed by atoms with van der Waals surface area (Å²) < 4.78 is 5.30. The van der Waals surface area contributed by atoms with Crippen molar-refractivity contribution in [2.45, 2.75) is 20.8 Å². The van der Waals surface area contributed by atoms with Crippen LogP contribution in [-0.2, 0) is 4.74 Å². The second-order valence-corrected chi connectivity index (χ2v) is 6.07. The summed E-state index contributed by atoms with van der Waals surface area (Å²) in [4.78, 5) is 23.2. The lowest BCUT2D eigenvalue weighted by molar-refractivity contribution is 0.0299. The predicted molar refractivity (Wildman–Crippen MR) is 92.7 cm³/mol. The van der Waals surface area contributed by atoms with Crippen molar-refractivity contribution in [1.29, 1.82) is 0 Å². The molecule has 0 unspecified atom stereocenters. The van der Waals surface area contributed by atoms with Crippen molar-refractivity contribution in [3.8, 4) is 0 Å². The van der Waals surface area contributed by atoms with Crippen LogP contribution in [0.5, 0.6) is 0 Å². The van der Waals surface area contributed by atoms with E-state index in [4.69, 9.17) is 4.74 Å². The van der Waals surface area contributed by atoms with Crippen LogP contribution in [0.4, 0.5) is 11.6 Å². The van der Waals surface area contributed by atoms with Crippen molar-refractivity contribution in [1.82, 2.24) is 14.9 Å². The summed E-state index contributed by atoms with van der Waals surface area (Å²) >= 11 is 0. The first-order chi connectivity index (χ1) is 11.5. The van der Waals surface area contributed by atoms with E-state index in [0.29, 0.717) is 37.9 Å². The molecule has 1 fully saturated rings. The van der Waals surface area contributed by atoms with Crippen LogP contribution in [0, 0.1) is 20.8 Å². The summed E-state index contributed by atoms with van der Waals surface area (Å²) in [5, 5.41) is 3.22. The number of nitrogens with zero attached hydrogens (tertiary/aromatic N) is 3. The number of aryl methyl sites for hydroxylation is 3. The van der Waals surface area contributed by atoms with E-state index in [1.54, 1.807) is 11.0 Å². The maximum Gasteiger partial charge on any atom is 0.272 e. The third kappa shape index (κ3) is 3.71. The summed E-state index contributed by atoms with van der Waals surface area (Å²) in [6.07, 6.45) is 0. The number of ether oxygens (including phenoxy) is 1. The molecular formula is C18H22N4O2. The molecule has 3 rings (SSSR count). The number of morpholine rings is 1. The fraction of sp³-hybridized carbons (Fsp3) is 0.389. The quantitative estimate of drug-likeness (QED) is 0.939. The summed E-state index contributed by atoms with van der Waals surface area (Å²) in [6.45, 7) is 8.30. The highest BCUT2D eigenvalue weighted by molar-refractivity contribution is 5.92. The monoisotopic (exact) mass is 326 g/mol. The fourth-order valence-corrected chi connectivity index (χ4v) is 2.74. The van der Waals surface area contributed by atoms with Gasteiger partial charge in [0.05, 0.1) is 13.2 Å². The summed E-state index contributed by atoms with van der Waals surface area (Å²) in [5.74, 6) is 0.367. The zero-order valence-corrected chi connectivity index (χ0v) is 14.3. The highest BCUT2D eigenvalue weighted by Crippen LogP contribution is 2.20. The van der Waals surface area contributed by atoms with Crippen molar-refractivity contribution in [3.05, 3.63) is 46.8 Å². The molecule has 0 radical (unpaired) electrons. The molecule has 24 heavy (non-hydrogen) atoms. The summed E-state index contributed by atoms with van der Waals surface area (Å²) in [7, 11) is 0. The minimum atomic E-state index is -0.0764. The Kier molecular flexibility index (Phi) is 4.76. The fourth-order valence-electron chi connectivity index (χ4n) is 2.74. The van der Waals surface area contributed by atoms with Gasteiger partial charge in [-0.05, 0) is 38.5 Å². The Hall–Kier alpha value is -2.47. The lowest BCUT2D eigenvalue weighted by Crippen LogP contribution is -2.41. The van der Waals surface area contributed by atoms with Crippen LogP contribution in [0.2, 0.25) is 0 Å². The van der Waals surface area contributed by atoms with Crippen molar-refractivity contribution in [2.24, 2.45) is 0 Å². The van der Waals surface area contributed by atoms with Crippen molar-refractivity contribution in [3.63, 3.8) is 0 Å². The SMILES string of the molecule is Cc1ccc(Nc2nc(C)cc(C(=O)N3CCOCC3)n2)c(C)c1. The van der Waals surface area contributed by atoms with Gasteiger partial charge in [0.15, 0.2) is 0 Å². The molecule has 0 bridgehead atoms. The first kappa shape index (κ1) is 16.4. The van der Waals surface area contributed by atoms with Crippen LogP contribution in [0.1, 0.15) is 27.3 Å². The van der Waals surface area contributed by atoms with Crippen LogP contribution >= 0.6 is 0 Å². The lowest BCUT2D eigenvalue weighted by atomic mass is 10.1. The van der Waals surface area contributed by atoms with Gasteiger partial charge in [0.25, 0.3) is 5.91 Å². The number of hydrogen-bond donors (Lipinski definition) is 1. The molecule has 0 saturated carbocycles. The van der Waals surface area contributed by atoms with Gasteiger partial charge in [0, 0.05) is 24.5 Å². The number of benzene rings is 1. The van der Waals surface area contributed by atoms with Crippen molar-refractivity contribution in [2.75, 3.05) is 31.6 Å². The molecule has 0 spiro atoms. The topological polar surface area (TPSA) is 67.4 Å². The van der Waals surface area contributed by atoms with Crippen molar-refractivity contribution < 1.29 is 9.53 Å². The average Bonchev–Trinajstić information content (AvgIpc) is 2.57. The average molecular weight is 326 g/mol. The van der Waals surface area contributed by atoms with E-state index in [2.05, 4.69) is 28.3 Å². The van der Waals surface area contributed by atoms with Gasteiger partial charge in [-0.15, -0.1) is 0 Å². The van der Waals surface area contributed by atoms with Crippen LogP contribution in [0.25, 0.3) is 0 Å². The molecule has 6 nitrogen and oxygen atoms in total. The van der Waals surface area contributed by atoms with E-state index in [9.17, 15) is 4.79 Å². The molecule has 1 aromatic heterocycles. The Labute approximate surface area is 141 Å². The minimum absolute atomic E-state index is 0.0764. The molecule has 6 heteroatoms. The number of nitrogens with one attached hydrogen (secondary N) is 1. The Morgan fingerprint density at radius 2 is 1.88 bits per heavy atom. The maximum absolute atomic E-state index is 12.6. The normalized spacial score (nSPS) is 14.5. The highest BCUT2D eigenvalue weighted by Gasteiger charge is 2.20. The second kappa shape index (κ2) is 6.97. The first-order valence-electron chi connectivity index (χ1n) is 8.10. The molecule has 1 saturated heterocycles. The number of rotatable bonds is 3. The molecule has 2 aromatic rings. The first-order valence-corrected chi connectivity index (χ1v) is 8.10. The summed E-state index contributed by atoms with van der Waals surface area (Å²) in [5.41, 5.74) is 4.43. The van der Waals surface area contributed by atoms with Gasteiger partial charge < -0.3 is 15.0 Å². The zero-order chi connectivity index (χ0) is 17.1. The van der Waals surface area contributed by atoms with Crippen molar-refractivity contribution >= 4 is 17.5 Å². The van der Waals surface area contributed by atoms with Gasteiger partial charge in [0.1, 0.15) is 5.69 Å². The van der Waals surface area contributed by atoms with E-state index < -0.39 is 0 Å². The number of carbonyl (C=O) groups excluding carboxylic acids is 1. The largest absolute Gasteiger partial charge is 0.378 e. The van der Waals surface area contributed by atoms with E-state index in [-0.39, 0.29) is 5.91 Å². The van der Waals surface area contributed by atoms with Gasteiger partial charge in [-0.2, -0.15) is 0 Å². The molecule has 0 aliphatic carbocycles. The molecule has 2 heterocycles. The molecule has 1 amide bonds. The standard InChI is InChI=1S/C18H22N4O2/c1-12-4-5-15(13(2)10-12)20-18-19-14(3)11-16(21-18)17(23)22-6-8-24-9-7-22/h4-5,10-11H,6-9H2,1-3H3,(H,19,20,21). The van der Waals surface area contributed by atoms with Crippen LogP contribution in [0.15, 0.2) is 24.3 Å². The Morgan fingerprint density at radius 1 is 1.12 bits per heavy atom. The van der Waals surface area contributed by atoms with Crippen LogP contribution < -0.4 is 5.32 Å². The van der Waals surface area contributed by atoms with E-state index in [0.717, 1.165) is 16.9 Å². The summed E-state index contributed by atoms with van der Waals surface area (Å²) in [6, 6.07) is 7.85. The number of aromatic nitrogens is 2. The van der Waals surface area contributed by atoms with E-state index >= 15 is 0 Å². The number of anilines is 2. The van der Waals surface area contributed by atoms with Crippen LogP contribution in [-0.4, -0.2) is 47.1 Å². The second-order valence-electron chi connectivity index (χ2n) is 6.07. The van der Waals surface area contributed by atoms with Gasteiger partial charge in [-0.25, -0.2) is 9.97 Å². The van der Waals surface area contributed by atoms with Crippen LogP contribution in [0.3, 0.4) is 0 Å². The Balaban J connectivity index is 1.84. The smallest absolute Gasteiger partial charge is 0.272 e. The van der Waals surface area contributed by atoms with Gasteiger partial charge in [-0.3, -0.25) is 4.79 Å². The van der Waals surface area contributed by atoms with Gasteiger partial charge in [0.2, 0.25) is 5.95 Å². The number of hydrogen-bond acceptors (Lipinski definition) is 5. The number of carbonyl (C=O) groups is 1. The third-order valence-corrected chi connectivity index (χ3v) is 4.00. The van der Waals surface area contributed by atoms with E-state index in [1.165, 1.54) is 5.56 Å². The Morgan fingerprint density at radius 3 is 2.58 bits per heavy atom. The molecular weight excluding hydrogens is 304 g/mol. The highest BCUT2D eigenvalue weighted by atomic mass is 16.5. The third-order valence-electron chi connectivity index (χ3n) is 4.00. The maximum atomic E-state index is 12.6. The molecule has 1 aliphatic heterocycles. The number of amides is 1. The van der Waals surface area contributed by atoms with E-state index in [1.807, 2.05) is 26.0 Å². The Bertz CT molecular complexity index is 755. The molecule has 0 atom stereocenters. The van der Waals surface area contributed by atoms with Gasteiger partial charge in [-0.1, -0.05) is 17.7 Å². The molecule has 1 aromatic carbocycles. The van der Waals surface area contributed by atoms with Gasteiger partial charge >= 0.3 is 0 Å². The zero-order valence-electron chi connectivity index (χ0n) is 14.3.